The zero-order chi connectivity index (χ0) is 35.8. The molecule has 6 nitrogen and oxygen atoms in total. The highest BCUT2D eigenvalue weighted by Crippen LogP contribution is 2.48. The van der Waals surface area contributed by atoms with E-state index in [1.807, 2.05) is 0 Å². The lowest BCUT2D eigenvalue weighted by Gasteiger charge is -2.55. The number of hydrogen-bond donors (Lipinski definition) is 1. The summed E-state index contributed by atoms with van der Waals surface area (Å²) >= 11 is 0. The fraction of sp³-hybridized carbons (Fsp3) is 0.659. The summed E-state index contributed by atoms with van der Waals surface area (Å²) in [6.07, 6.45) is 2.40. The molecule has 0 radical (unpaired) electrons. The van der Waals surface area contributed by atoms with Crippen molar-refractivity contribution in [2.75, 3.05) is 6.61 Å². The van der Waals surface area contributed by atoms with Crippen LogP contribution in [0.2, 0.25) is 21.7 Å². The Morgan fingerprint density at radius 1 is 0.898 bits per heavy atom. The highest BCUT2D eigenvalue weighted by Gasteiger charge is 2.58. The largest absolute Gasteiger partial charge is 0.410 e. The van der Waals surface area contributed by atoms with Gasteiger partial charge in [-0.3, -0.25) is 0 Å². The monoisotopic (exact) mass is 708 g/mol. The molecule has 8 heteroatoms. The fourth-order valence-electron chi connectivity index (χ4n) is 9.58. The molecule has 8 atom stereocenters. The minimum absolute atomic E-state index is 0.133. The van der Waals surface area contributed by atoms with Crippen LogP contribution in [0.5, 0.6) is 0 Å². The van der Waals surface area contributed by atoms with Gasteiger partial charge in [0.2, 0.25) is 8.32 Å². The first kappa shape index (κ1) is 38.6. The normalized spacial score (nSPS) is 31.3. The molecule has 0 amide bonds. The standard InChI is InChI=1S/C41H64O6Si2/c1-12-35-34(42)23-24-41(11)38(45-35)26-36-39(46-41)37(47-48(28(2)3,29(4)5)30(6)7)25-31(44-36)27-43-49(40(8,9)10,32-19-15-13-16-20-32)33-21-17-14-18-22-33/h12-22,28-31,34-39,42H,1,23-27H2,2-11H3/t31-,34-,35+,36+,37-,38-,39+,41+/m0/s1. The van der Waals surface area contributed by atoms with Gasteiger partial charge < -0.3 is 28.2 Å². The molecule has 3 saturated heterocycles. The van der Waals surface area contributed by atoms with Crippen LogP contribution >= 0.6 is 0 Å². The molecule has 3 fully saturated rings. The Hall–Kier alpha value is -1.63. The lowest BCUT2D eigenvalue weighted by Crippen LogP contribution is -2.68. The second-order valence-corrected chi connectivity index (χ2v) is 26.8. The maximum Gasteiger partial charge on any atom is 0.261 e. The van der Waals surface area contributed by atoms with Crippen molar-refractivity contribution >= 4 is 27.0 Å². The highest BCUT2D eigenvalue weighted by atomic mass is 28.4. The van der Waals surface area contributed by atoms with Crippen molar-refractivity contribution < 1.29 is 28.2 Å². The predicted octanol–water partition coefficient (Wildman–Crippen LogP) is 7.92. The van der Waals surface area contributed by atoms with Gasteiger partial charge in [0.25, 0.3) is 8.32 Å². The highest BCUT2D eigenvalue weighted by molar-refractivity contribution is 6.99. The van der Waals surface area contributed by atoms with Gasteiger partial charge in [0.05, 0.1) is 42.7 Å². The molecule has 3 heterocycles. The number of hydrogen-bond acceptors (Lipinski definition) is 6. The van der Waals surface area contributed by atoms with Crippen LogP contribution in [0.1, 0.15) is 94.9 Å². The maximum atomic E-state index is 10.9. The van der Waals surface area contributed by atoms with Crippen LogP contribution in [-0.4, -0.2) is 76.7 Å². The lowest BCUT2D eigenvalue weighted by molar-refractivity contribution is -0.289. The Balaban J connectivity index is 1.53. The lowest BCUT2D eigenvalue weighted by atomic mass is 9.82. The second-order valence-electron chi connectivity index (χ2n) is 17.0. The molecule has 3 aliphatic rings. The molecule has 0 aromatic heterocycles. The van der Waals surface area contributed by atoms with Crippen molar-refractivity contribution in [2.45, 2.75) is 165 Å². The molecule has 0 spiro atoms. The van der Waals surface area contributed by atoms with Gasteiger partial charge in [-0.05, 0) is 51.8 Å². The molecule has 49 heavy (non-hydrogen) atoms. The molecule has 5 rings (SSSR count). The molecule has 2 aromatic rings. The first-order valence-corrected chi connectivity index (χ1v) is 22.9. The van der Waals surface area contributed by atoms with Gasteiger partial charge in [0.15, 0.2) is 0 Å². The van der Waals surface area contributed by atoms with Crippen LogP contribution in [0.4, 0.5) is 0 Å². The number of aliphatic hydroxyl groups excluding tert-OH is 1. The summed E-state index contributed by atoms with van der Waals surface area (Å²) in [5.41, 5.74) is 0.771. The van der Waals surface area contributed by atoms with Crippen LogP contribution in [0, 0.1) is 0 Å². The van der Waals surface area contributed by atoms with E-state index in [2.05, 4.69) is 136 Å². The zero-order valence-corrected chi connectivity index (χ0v) is 33.9. The second kappa shape index (κ2) is 15.2. The van der Waals surface area contributed by atoms with Crippen LogP contribution < -0.4 is 10.4 Å². The summed E-state index contributed by atoms with van der Waals surface area (Å²) in [5, 5.41) is 13.3. The molecule has 2 aromatic carbocycles. The van der Waals surface area contributed by atoms with Gasteiger partial charge in [0.1, 0.15) is 12.2 Å². The van der Waals surface area contributed by atoms with E-state index in [0.29, 0.717) is 48.9 Å². The molecule has 3 aliphatic heterocycles. The predicted molar refractivity (Wildman–Crippen MR) is 205 cm³/mol. The maximum absolute atomic E-state index is 10.9. The van der Waals surface area contributed by atoms with E-state index in [0.717, 1.165) is 0 Å². The number of benzene rings is 2. The summed E-state index contributed by atoms with van der Waals surface area (Å²) in [6, 6.07) is 21.7. The van der Waals surface area contributed by atoms with Crippen molar-refractivity contribution in [3.63, 3.8) is 0 Å². The Bertz CT molecular complexity index is 1300. The number of rotatable bonds is 11. The first-order chi connectivity index (χ1) is 23.1. The SMILES string of the molecule is C=C[C@H]1O[C@H]2C[C@H]3O[C@H](CO[Si](c4ccccc4)(c4ccccc4)C(C)(C)C)C[C@H](O[Si](C(C)C)(C(C)C)C(C)C)[C@@H]3O[C@]2(C)CC[C@@H]1O. The quantitative estimate of drug-likeness (QED) is 0.189. The average molecular weight is 709 g/mol. The summed E-state index contributed by atoms with van der Waals surface area (Å²) < 4.78 is 35.9. The topological polar surface area (TPSA) is 66.4 Å². The third kappa shape index (κ3) is 7.36. The van der Waals surface area contributed by atoms with E-state index in [-0.39, 0.29) is 35.6 Å². The van der Waals surface area contributed by atoms with E-state index in [4.69, 9.17) is 23.1 Å². The molecule has 0 saturated carbocycles. The molecule has 0 unspecified atom stereocenters. The van der Waals surface area contributed by atoms with Crippen molar-refractivity contribution in [3.8, 4) is 0 Å². The summed E-state index contributed by atoms with van der Waals surface area (Å²) in [6.45, 7) is 27.6. The molecule has 272 valence electrons. The van der Waals surface area contributed by atoms with Gasteiger partial charge in [0, 0.05) is 12.8 Å². The number of aliphatic hydroxyl groups is 1. The number of fused-ring (bicyclic) bond motifs is 2. The summed E-state index contributed by atoms with van der Waals surface area (Å²) in [7, 11) is -5.05. The van der Waals surface area contributed by atoms with E-state index < -0.39 is 34.4 Å². The van der Waals surface area contributed by atoms with Gasteiger partial charge >= 0.3 is 0 Å². The molecular weight excluding hydrogens is 645 g/mol. The summed E-state index contributed by atoms with van der Waals surface area (Å²) in [5.74, 6) is 0. The Morgan fingerprint density at radius 2 is 1.45 bits per heavy atom. The third-order valence-electron chi connectivity index (χ3n) is 12.0. The fourth-order valence-corrected chi connectivity index (χ4v) is 19.7. The van der Waals surface area contributed by atoms with Gasteiger partial charge in [-0.2, -0.15) is 0 Å². The van der Waals surface area contributed by atoms with Crippen LogP contribution in [0.3, 0.4) is 0 Å². The Morgan fingerprint density at radius 3 is 1.94 bits per heavy atom. The molecule has 1 N–H and O–H groups in total. The van der Waals surface area contributed by atoms with E-state index in [1.54, 1.807) is 6.08 Å². The minimum Gasteiger partial charge on any atom is -0.410 e. The minimum atomic E-state index is -2.77. The van der Waals surface area contributed by atoms with Crippen LogP contribution in [-0.2, 0) is 23.1 Å². The van der Waals surface area contributed by atoms with Crippen molar-refractivity contribution in [2.24, 2.45) is 0 Å². The molecular formula is C41H64O6Si2. The van der Waals surface area contributed by atoms with Crippen molar-refractivity contribution in [1.82, 2.24) is 0 Å². The van der Waals surface area contributed by atoms with Crippen LogP contribution in [0.25, 0.3) is 0 Å². The van der Waals surface area contributed by atoms with Gasteiger partial charge in [-0.15, -0.1) is 6.58 Å². The Kier molecular flexibility index (Phi) is 11.9. The summed E-state index contributed by atoms with van der Waals surface area (Å²) in [4.78, 5) is 0. The Labute approximate surface area is 299 Å². The third-order valence-corrected chi connectivity index (χ3v) is 23.1. The van der Waals surface area contributed by atoms with Gasteiger partial charge in [-0.1, -0.05) is 129 Å². The average Bonchev–Trinajstić information content (AvgIpc) is 3.17. The molecule has 0 bridgehead atoms. The smallest absolute Gasteiger partial charge is 0.261 e. The first-order valence-electron chi connectivity index (χ1n) is 18.8. The van der Waals surface area contributed by atoms with E-state index >= 15 is 0 Å². The van der Waals surface area contributed by atoms with Crippen molar-refractivity contribution in [3.05, 3.63) is 73.3 Å². The van der Waals surface area contributed by atoms with E-state index in [9.17, 15) is 5.11 Å². The van der Waals surface area contributed by atoms with Crippen molar-refractivity contribution in [1.29, 1.82) is 0 Å². The van der Waals surface area contributed by atoms with Gasteiger partial charge in [-0.25, -0.2) is 0 Å². The molecule has 0 aliphatic carbocycles. The zero-order valence-electron chi connectivity index (χ0n) is 31.9. The van der Waals surface area contributed by atoms with Crippen LogP contribution in [0.15, 0.2) is 73.3 Å². The van der Waals surface area contributed by atoms with E-state index in [1.165, 1.54) is 10.4 Å². The number of ether oxygens (including phenoxy) is 3.